The molecule has 15 heavy (non-hydrogen) atoms. The topological polar surface area (TPSA) is 65.5 Å². The summed E-state index contributed by atoms with van der Waals surface area (Å²) in [6, 6.07) is 1.64. The van der Waals surface area contributed by atoms with E-state index >= 15 is 0 Å². The van der Waals surface area contributed by atoms with Crippen LogP contribution in [-0.2, 0) is 9.53 Å². The van der Waals surface area contributed by atoms with Gasteiger partial charge >= 0.3 is 5.97 Å². The number of rotatable bonds is 4. The van der Waals surface area contributed by atoms with Crippen molar-refractivity contribution in [1.29, 1.82) is 0 Å². The quantitative estimate of drug-likeness (QED) is 0.809. The van der Waals surface area contributed by atoms with E-state index in [9.17, 15) is 9.18 Å². The van der Waals surface area contributed by atoms with Crippen LogP contribution in [0.5, 0.6) is 0 Å². The lowest BCUT2D eigenvalue weighted by molar-refractivity contribution is -0.150. The minimum absolute atomic E-state index is 0.0940. The van der Waals surface area contributed by atoms with Gasteiger partial charge in [-0.1, -0.05) is 0 Å². The van der Waals surface area contributed by atoms with Crippen LogP contribution >= 0.6 is 11.6 Å². The molecule has 1 heterocycles. The first kappa shape index (κ1) is 12.0. The second-order valence-electron chi connectivity index (χ2n) is 2.82. The van der Waals surface area contributed by atoms with Gasteiger partial charge in [0, 0.05) is 0 Å². The predicted molar refractivity (Wildman–Crippen MR) is 52.2 cm³/mol. The zero-order valence-corrected chi connectivity index (χ0v) is 8.83. The average Bonchev–Trinajstić information content (AvgIpc) is 2.63. The SMILES string of the molecule is CCOC(=O)C(F)[C@@H](N)c1ccc(Cl)o1. The molecule has 0 saturated heterocycles. The highest BCUT2D eigenvalue weighted by Crippen LogP contribution is 2.22. The zero-order chi connectivity index (χ0) is 11.4. The van der Waals surface area contributed by atoms with Crippen molar-refractivity contribution in [3.63, 3.8) is 0 Å². The van der Waals surface area contributed by atoms with Crippen LogP contribution in [0.15, 0.2) is 16.5 Å². The molecular weight excluding hydrogens is 225 g/mol. The van der Waals surface area contributed by atoms with Gasteiger partial charge in [-0.25, -0.2) is 9.18 Å². The van der Waals surface area contributed by atoms with Gasteiger partial charge in [0.1, 0.15) is 11.8 Å². The molecule has 1 unspecified atom stereocenters. The van der Waals surface area contributed by atoms with E-state index in [0.717, 1.165) is 0 Å². The summed E-state index contributed by atoms with van der Waals surface area (Å²) < 4.78 is 22.7. The van der Waals surface area contributed by atoms with Crippen LogP contribution < -0.4 is 5.73 Å². The van der Waals surface area contributed by atoms with Crippen LogP contribution in [0.2, 0.25) is 5.22 Å². The van der Waals surface area contributed by atoms with Crippen molar-refractivity contribution < 1.29 is 18.3 Å². The molecule has 0 aromatic carbocycles. The summed E-state index contributed by atoms with van der Waals surface area (Å²) in [5, 5.41) is 0.0940. The number of esters is 1. The fraction of sp³-hybridized carbons (Fsp3) is 0.444. The van der Waals surface area contributed by atoms with Gasteiger partial charge < -0.3 is 14.9 Å². The van der Waals surface area contributed by atoms with Crippen molar-refractivity contribution >= 4 is 17.6 Å². The maximum atomic E-state index is 13.4. The molecule has 0 aliphatic heterocycles. The van der Waals surface area contributed by atoms with Crippen molar-refractivity contribution in [1.82, 2.24) is 0 Å². The fourth-order valence-electron chi connectivity index (χ4n) is 1.02. The molecule has 1 aromatic rings. The number of ether oxygens (including phenoxy) is 1. The molecule has 0 saturated carbocycles. The number of hydrogen-bond donors (Lipinski definition) is 1. The smallest absolute Gasteiger partial charge is 0.342 e. The molecule has 2 atom stereocenters. The van der Waals surface area contributed by atoms with Crippen LogP contribution in [0.4, 0.5) is 4.39 Å². The first-order chi connectivity index (χ1) is 7.06. The minimum Gasteiger partial charge on any atom is -0.464 e. The van der Waals surface area contributed by atoms with E-state index in [1.165, 1.54) is 12.1 Å². The van der Waals surface area contributed by atoms with Gasteiger partial charge in [0.2, 0.25) is 6.17 Å². The third kappa shape index (κ3) is 2.94. The first-order valence-electron chi connectivity index (χ1n) is 4.37. The first-order valence-corrected chi connectivity index (χ1v) is 4.75. The van der Waals surface area contributed by atoms with E-state index in [2.05, 4.69) is 4.74 Å². The molecule has 0 amide bonds. The number of alkyl halides is 1. The van der Waals surface area contributed by atoms with Gasteiger partial charge in [0.05, 0.1) is 6.61 Å². The monoisotopic (exact) mass is 235 g/mol. The maximum absolute atomic E-state index is 13.4. The van der Waals surface area contributed by atoms with Crippen molar-refractivity contribution in [2.75, 3.05) is 6.61 Å². The lowest BCUT2D eigenvalue weighted by Crippen LogP contribution is -2.31. The molecule has 0 fully saturated rings. The molecule has 0 aliphatic carbocycles. The van der Waals surface area contributed by atoms with Crippen molar-refractivity contribution in [2.45, 2.75) is 19.1 Å². The van der Waals surface area contributed by atoms with E-state index in [4.69, 9.17) is 21.8 Å². The number of carbonyl (C=O) groups is 1. The highest BCUT2D eigenvalue weighted by atomic mass is 35.5. The van der Waals surface area contributed by atoms with Crippen molar-refractivity contribution in [3.05, 3.63) is 23.1 Å². The second-order valence-corrected chi connectivity index (χ2v) is 3.19. The number of carbonyl (C=O) groups excluding carboxylic acids is 1. The second kappa shape index (κ2) is 5.14. The molecule has 6 heteroatoms. The minimum atomic E-state index is -1.95. The Balaban J connectivity index is 2.67. The molecule has 2 N–H and O–H groups in total. The Morgan fingerprint density at radius 3 is 2.87 bits per heavy atom. The summed E-state index contributed by atoms with van der Waals surface area (Å²) in [6.07, 6.45) is -1.95. The van der Waals surface area contributed by atoms with E-state index in [1.54, 1.807) is 6.92 Å². The summed E-state index contributed by atoms with van der Waals surface area (Å²) in [5.74, 6) is -0.891. The van der Waals surface area contributed by atoms with E-state index in [1.807, 2.05) is 0 Å². The van der Waals surface area contributed by atoms with Crippen molar-refractivity contribution in [2.24, 2.45) is 5.73 Å². The van der Waals surface area contributed by atoms with Gasteiger partial charge in [0.25, 0.3) is 0 Å². The Kier molecular flexibility index (Phi) is 4.11. The van der Waals surface area contributed by atoms with Gasteiger partial charge in [-0.3, -0.25) is 0 Å². The normalized spacial score (nSPS) is 14.7. The van der Waals surface area contributed by atoms with E-state index in [-0.39, 0.29) is 17.6 Å². The molecular formula is C9H11ClFNO3. The molecule has 84 valence electrons. The highest BCUT2D eigenvalue weighted by Gasteiger charge is 2.29. The summed E-state index contributed by atoms with van der Waals surface area (Å²) in [6.45, 7) is 1.69. The molecule has 0 bridgehead atoms. The predicted octanol–water partition coefficient (Wildman–Crippen LogP) is 1.83. The summed E-state index contributed by atoms with van der Waals surface area (Å²) in [4.78, 5) is 11.0. The third-order valence-electron chi connectivity index (χ3n) is 1.75. The van der Waals surface area contributed by atoms with Crippen LogP contribution in [0.3, 0.4) is 0 Å². The molecule has 0 radical (unpaired) electrons. The third-order valence-corrected chi connectivity index (χ3v) is 1.95. The summed E-state index contributed by atoms with van der Waals surface area (Å²) in [7, 11) is 0. The Hall–Kier alpha value is -1.07. The average molecular weight is 236 g/mol. The number of halogens is 2. The lowest BCUT2D eigenvalue weighted by atomic mass is 10.1. The standard InChI is InChI=1S/C9H11ClFNO3/c1-2-14-9(13)7(11)8(12)5-3-4-6(10)15-5/h3-4,7-8H,2,12H2,1H3/t7?,8-/m0/s1. The van der Waals surface area contributed by atoms with Crippen LogP contribution in [0.25, 0.3) is 0 Å². The molecule has 1 rings (SSSR count). The number of nitrogens with two attached hydrogens (primary N) is 1. The van der Waals surface area contributed by atoms with Crippen LogP contribution in [-0.4, -0.2) is 18.7 Å². The largest absolute Gasteiger partial charge is 0.464 e. The summed E-state index contributed by atoms with van der Waals surface area (Å²) >= 11 is 5.49. The number of furan rings is 1. The molecule has 0 aliphatic rings. The number of hydrogen-bond acceptors (Lipinski definition) is 4. The van der Waals surface area contributed by atoms with Gasteiger partial charge in [-0.15, -0.1) is 0 Å². The fourth-order valence-corrected chi connectivity index (χ4v) is 1.17. The highest BCUT2D eigenvalue weighted by molar-refractivity contribution is 6.28. The molecule has 1 aromatic heterocycles. The lowest BCUT2D eigenvalue weighted by Gasteiger charge is -2.12. The zero-order valence-electron chi connectivity index (χ0n) is 8.07. The van der Waals surface area contributed by atoms with E-state index < -0.39 is 18.2 Å². The van der Waals surface area contributed by atoms with Gasteiger partial charge in [-0.2, -0.15) is 0 Å². The maximum Gasteiger partial charge on any atom is 0.342 e. The van der Waals surface area contributed by atoms with Crippen LogP contribution in [0, 0.1) is 0 Å². The summed E-state index contributed by atoms with van der Waals surface area (Å²) in [5.41, 5.74) is 5.45. The van der Waals surface area contributed by atoms with E-state index in [0.29, 0.717) is 0 Å². The Bertz CT molecular complexity index is 342. The van der Waals surface area contributed by atoms with Crippen molar-refractivity contribution in [3.8, 4) is 0 Å². The van der Waals surface area contributed by atoms with Gasteiger partial charge in [0.15, 0.2) is 5.22 Å². The van der Waals surface area contributed by atoms with Crippen LogP contribution in [0.1, 0.15) is 18.7 Å². The van der Waals surface area contributed by atoms with Gasteiger partial charge in [-0.05, 0) is 30.7 Å². The molecule has 0 spiro atoms. The molecule has 4 nitrogen and oxygen atoms in total. The Morgan fingerprint density at radius 2 is 2.40 bits per heavy atom. The Morgan fingerprint density at radius 1 is 1.73 bits per heavy atom. The Labute approximate surface area is 91.1 Å².